The number of aryl methyl sites for hydroxylation is 2. The van der Waals surface area contributed by atoms with E-state index < -0.39 is 10.0 Å². The van der Waals surface area contributed by atoms with E-state index in [2.05, 4.69) is 36.0 Å². The molecule has 5 nitrogen and oxygen atoms in total. The molecule has 6 heteroatoms. The van der Waals surface area contributed by atoms with E-state index in [0.717, 1.165) is 12.0 Å². The molecule has 3 aromatic carbocycles. The van der Waals surface area contributed by atoms with Crippen molar-refractivity contribution < 1.29 is 13.2 Å². The van der Waals surface area contributed by atoms with Crippen LogP contribution in [0.2, 0.25) is 0 Å². The van der Waals surface area contributed by atoms with E-state index in [1.54, 1.807) is 43.3 Å². The van der Waals surface area contributed by atoms with Crippen LogP contribution < -0.4 is 10.0 Å². The third-order valence-electron chi connectivity index (χ3n) is 5.52. The number of sulfonamides is 1. The zero-order chi connectivity index (χ0) is 22.6. The SMILES string of the molecule is CCC(NC(=O)c1cccc(NS(=O)(=O)c2ccccc2)c1C)c1ccc(C)c(C)c1. The Morgan fingerprint density at radius 3 is 2.26 bits per heavy atom. The fraction of sp³-hybridized carbons (Fsp3) is 0.240. The maximum Gasteiger partial charge on any atom is 0.261 e. The standard InChI is InChI=1S/C25H28N2O3S/c1-5-23(20-15-14-17(2)18(3)16-20)26-25(28)22-12-9-13-24(19(22)4)27-31(29,30)21-10-7-6-8-11-21/h6-16,23,27H,5H2,1-4H3,(H,26,28). The molecule has 1 atom stereocenters. The van der Waals surface area contributed by atoms with Crippen LogP contribution in [-0.4, -0.2) is 14.3 Å². The molecule has 0 saturated heterocycles. The number of carbonyl (C=O) groups is 1. The predicted molar refractivity (Wildman–Crippen MR) is 125 cm³/mol. The summed E-state index contributed by atoms with van der Waals surface area (Å²) in [4.78, 5) is 13.2. The maximum absolute atomic E-state index is 13.1. The molecule has 0 aliphatic rings. The number of carbonyl (C=O) groups excluding carboxylic acids is 1. The fourth-order valence-electron chi connectivity index (χ4n) is 3.43. The largest absolute Gasteiger partial charge is 0.345 e. The van der Waals surface area contributed by atoms with Gasteiger partial charge in [-0.05, 0) is 73.7 Å². The van der Waals surface area contributed by atoms with Crippen molar-refractivity contribution in [2.45, 2.75) is 45.1 Å². The van der Waals surface area contributed by atoms with Crippen molar-refractivity contribution >= 4 is 21.6 Å². The highest BCUT2D eigenvalue weighted by molar-refractivity contribution is 7.92. The Labute approximate surface area is 184 Å². The van der Waals surface area contributed by atoms with Crippen molar-refractivity contribution in [1.82, 2.24) is 5.32 Å². The van der Waals surface area contributed by atoms with Crippen molar-refractivity contribution in [3.63, 3.8) is 0 Å². The molecule has 0 saturated carbocycles. The number of hydrogen-bond donors (Lipinski definition) is 2. The van der Waals surface area contributed by atoms with Crippen LogP contribution in [0.1, 0.15) is 52.0 Å². The van der Waals surface area contributed by atoms with Crippen LogP contribution in [-0.2, 0) is 10.0 Å². The van der Waals surface area contributed by atoms with Crippen LogP contribution in [0, 0.1) is 20.8 Å². The van der Waals surface area contributed by atoms with Crippen LogP contribution in [0.3, 0.4) is 0 Å². The molecule has 0 aliphatic carbocycles. The molecule has 0 spiro atoms. The van der Waals surface area contributed by atoms with Gasteiger partial charge in [0, 0.05) is 5.56 Å². The van der Waals surface area contributed by atoms with Gasteiger partial charge < -0.3 is 5.32 Å². The Kier molecular flexibility index (Phi) is 6.81. The molecule has 3 rings (SSSR count). The van der Waals surface area contributed by atoms with Gasteiger partial charge in [0.1, 0.15) is 0 Å². The van der Waals surface area contributed by atoms with Gasteiger partial charge in [-0.25, -0.2) is 8.42 Å². The van der Waals surface area contributed by atoms with Crippen molar-refractivity contribution in [3.8, 4) is 0 Å². The number of rotatable bonds is 7. The number of nitrogens with one attached hydrogen (secondary N) is 2. The minimum atomic E-state index is -3.74. The van der Waals surface area contributed by atoms with E-state index in [1.807, 2.05) is 13.0 Å². The first-order chi connectivity index (χ1) is 14.7. The number of benzene rings is 3. The lowest BCUT2D eigenvalue weighted by atomic mass is 9.98. The van der Waals surface area contributed by atoms with Gasteiger partial charge in [-0.1, -0.05) is 49.4 Å². The smallest absolute Gasteiger partial charge is 0.261 e. The van der Waals surface area contributed by atoms with E-state index in [4.69, 9.17) is 0 Å². The van der Waals surface area contributed by atoms with Gasteiger partial charge in [0.25, 0.3) is 15.9 Å². The average Bonchev–Trinajstić information content (AvgIpc) is 2.76. The predicted octanol–water partition coefficient (Wildman–Crippen LogP) is 5.29. The zero-order valence-corrected chi connectivity index (χ0v) is 19.1. The highest BCUT2D eigenvalue weighted by Gasteiger charge is 2.20. The molecule has 0 aromatic heterocycles. The molecule has 0 fully saturated rings. The van der Waals surface area contributed by atoms with Crippen molar-refractivity contribution in [2.24, 2.45) is 0 Å². The quantitative estimate of drug-likeness (QED) is 0.528. The summed E-state index contributed by atoms with van der Waals surface area (Å²) in [6, 6.07) is 19.3. The molecule has 162 valence electrons. The molecule has 31 heavy (non-hydrogen) atoms. The third kappa shape index (κ3) is 5.14. The molecule has 3 aromatic rings. The van der Waals surface area contributed by atoms with Gasteiger partial charge in [-0.15, -0.1) is 0 Å². The van der Waals surface area contributed by atoms with Crippen molar-refractivity contribution in [1.29, 1.82) is 0 Å². The van der Waals surface area contributed by atoms with Crippen molar-refractivity contribution in [2.75, 3.05) is 4.72 Å². The van der Waals surface area contributed by atoms with Gasteiger partial charge in [0.15, 0.2) is 0 Å². The highest BCUT2D eigenvalue weighted by Crippen LogP contribution is 2.25. The Morgan fingerprint density at radius 1 is 0.903 bits per heavy atom. The van der Waals surface area contributed by atoms with E-state index in [1.165, 1.54) is 23.3 Å². The Balaban J connectivity index is 1.84. The monoisotopic (exact) mass is 436 g/mol. The molecule has 1 unspecified atom stereocenters. The molecule has 0 radical (unpaired) electrons. The second-order valence-electron chi connectivity index (χ2n) is 7.67. The van der Waals surface area contributed by atoms with Crippen LogP contribution in [0.4, 0.5) is 5.69 Å². The molecule has 1 amide bonds. The van der Waals surface area contributed by atoms with E-state index >= 15 is 0 Å². The summed E-state index contributed by atoms with van der Waals surface area (Å²) in [5, 5.41) is 3.09. The summed E-state index contributed by atoms with van der Waals surface area (Å²) in [5.74, 6) is -0.233. The first-order valence-corrected chi connectivity index (χ1v) is 11.8. The Morgan fingerprint density at radius 2 is 1.61 bits per heavy atom. The highest BCUT2D eigenvalue weighted by atomic mass is 32.2. The molecule has 0 bridgehead atoms. The average molecular weight is 437 g/mol. The first kappa shape index (κ1) is 22.6. The van der Waals surface area contributed by atoms with E-state index in [0.29, 0.717) is 16.8 Å². The minimum absolute atomic E-state index is 0.129. The maximum atomic E-state index is 13.1. The summed E-state index contributed by atoms with van der Waals surface area (Å²) in [6.45, 7) is 7.88. The van der Waals surface area contributed by atoms with Crippen LogP contribution in [0.25, 0.3) is 0 Å². The van der Waals surface area contributed by atoms with Crippen LogP contribution in [0.5, 0.6) is 0 Å². The summed E-state index contributed by atoms with van der Waals surface area (Å²) in [5.41, 5.74) is 4.84. The van der Waals surface area contributed by atoms with E-state index in [9.17, 15) is 13.2 Å². The fourth-order valence-corrected chi connectivity index (χ4v) is 4.58. The number of amides is 1. The summed E-state index contributed by atoms with van der Waals surface area (Å²) in [6.07, 6.45) is 0.744. The lowest BCUT2D eigenvalue weighted by Crippen LogP contribution is -2.29. The molecule has 0 heterocycles. The van der Waals surface area contributed by atoms with E-state index in [-0.39, 0.29) is 16.8 Å². The molecule has 0 aliphatic heterocycles. The second kappa shape index (κ2) is 9.35. The van der Waals surface area contributed by atoms with Crippen LogP contribution >= 0.6 is 0 Å². The molecule has 2 N–H and O–H groups in total. The normalized spacial score (nSPS) is 12.3. The van der Waals surface area contributed by atoms with Gasteiger partial charge in [0.2, 0.25) is 0 Å². The zero-order valence-electron chi connectivity index (χ0n) is 18.3. The van der Waals surface area contributed by atoms with Gasteiger partial charge in [-0.2, -0.15) is 0 Å². The topological polar surface area (TPSA) is 75.3 Å². The minimum Gasteiger partial charge on any atom is -0.345 e. The van der Waals surface area contributed by atoms with Crippen molar-refractivity contribution in [3.05, 3.63) is 94.5 Å². The second-order valence-corrected chi connectivity index (χ2v) is 9.36. The van der Waals surface area contributed by atoms with Gasteiger partial charge in [-0.3, -0.25) is 9.52 Å². The summed E-state index contributed by atoms with van der Waals surface area (Å²) < 4.78 is 28.0. The first-order valence-electron chi connectivity index (χ1n) is 10.3. The van der Waals surface area contributed by atoms with Gasteiger partial charge >= 0.3 is 0 Å². The number of hydrogen-bond acceptors (Lipinski definition) is 3. The Bertz CT molecular complexity index is 1190. The lowest BCUT2D eigenvalue weighted by molar-refractivity contribution is 0.0935. The van der Waals surface area contributed by atoms with Crippen LogP contribution in [0.15, 0.2) is 71.6 Å². The third-order valence-corrected chi connectivity index (χ3v) is 6.90. The number of anilines is 1. The van der Waals surface area contributed by atoms with Gasteiger partial charge in [0.05, 0.1) is 16.6 Å². The summed E-state index contributed by atoms with van der Waals surface area (Å²) >= 11 is 0. The molecular formula is C25H28N2O3S. The molecular weight excluding hydrogens is 408 g/mol. The Hall–Kier alpha value is -3.12. The summed E-state index contributed by atoms with van der Waals surface area (Å²) in [7, 11) is -3.74. The lowest BCUT2D eigenvalue weighted by Gasteiger charge is -2.20.